The molecule has 5 nitrogen and oxygen atoms in total. The summed E-state index contributed by atoms with van der Waals surface area (Å²) < 4.78 is 10.8. The van der Waals surface area contributed by atoms with Crippen LogP contribution in [0.4, 0.5) is 11.4 Å². The van der Waals surface area contributed by atoms with Crippen LogP contribution >= 0.6 is 0 Å². The molecule has 0 aliphatic carbocycles. The van der Waals surface area contributed by atoms with Gasteiger partial charge in [0.15, 0.2) is 0 Å². The van der Waals surface area contributed by atoms with Crippen LogP contribution in [0.3, 0.4) is 0 Å². The number of morpholine rings is 1. The predicted octanol–water partition coefficient (Wildman–Crippen LogP) is 4.08. The summed E-state index contributed by atoms with van der Waals surface area (Å²) in [7, 11) is 1.61. The zero-order valence-corrected chi connectivity index (χ0v) is 16.5. The van der Waals surface area contributed by atoms with E-state index in [4.69, 9.17) is 9.47 Å². The van der Waals surface area contributed by atoms with E-state index in [1.807, 2.05) is 42.5 Å². The average Bonchev–Trinajstić information content (AvgIpc) is 2.68. The number of hydrogen-bond acceptors (Lipinski definition) is 4. The molecule has 0 spiro atoms. The Morgan fingerprint density at radius 3 is 2.33 bits per heavy atom. The first-order valence-corrected chi connectivity index (χ1v) is 9.31. The molecule has 0 aromatic heterocycles. The summed E-state index contributed by atoms with van der Waals surface area (Å²) in [6.07, 6.45) is 0. The van der Waals surface area contributed by atoms with Crippen molar-refractivity contribution in [1.29, 1.82) is 0 Å². The Balaban J connectivity index is 1.79. The normalized spacial score (nSPS) is 14.7. The fraction of sp³-hybridized carbons (Fsp3) is 0.409. The van der Waals surface area contributed by atoms with Crippen molar-refractivity contribution in [2.45, 2.75) is 26.2 Å². The van der Waals surface area contributed by atoms with Crippen LogP contribution in [0.25, 0.3) is 0 Å². The highest BCUT2D eigenvalue weighted by molar-refractivity contribution is 6.05. The van der Waals surface area contributed by atoms with Crippen LogP contribution in [0.2, 0.25) is 0 Å². The molecule has 27 heavy (non-hydrogen) atoms. The third-order valence-corrected chi connectivity index (χ3v) is 4.82. The molecule has 5 heteroatoms. The lowest BCUT2D eigenvalue weighted by atomic mass is 9.87. The zero-order valence-electron chi connectivity index (χ0n) is 16.5. The van der Waals surface area contributed by atoms with Crippen molar-refractivity contribution in [3.8, 4) is 5.75 Å². The molecule has 1 saturated heterocycles. The number of hydrogen-bond donors (Lipinski definition) is 1. The molecule has 2 aromatic carbocycles. The van der Waals surface area contributed by atoms with Gasteiger partial charge >= 0.3 is 0 Å². The predicted molar refractivity (Wildman–Crippen MR) is 109 cm³/mol. The summed E-state index contributed by atoms with van der Waals surface area (Å²) in [5.74, 6) is 0.500. The van der Waals surface area contributed by atoms with Gasteiger partial charge in [-0.25, -0.2) is 0 Å². The number of carbonyl (C=O) groups excluding carboxylic acids is 1. The van der Waals surface area contributed by atoms with E-state index in [-0.39, 0.29) is 11.3 Å². The van der Waals surface area contributed by atoms with Gasteiger partial charge in [0, 0.05) is 24.3 Å². The summed E-state index contributed by atoms with van der Waals surface area (Å²) in [6.45, 7) is 9.59. The van der Waals surface area contributed by atoms with E-state index in [1.165, 1.54) is 5.56 Å². The average molecular weight is 368 g/mol. The van der Waals surface area contributed by atoms with Gasteiger partial charge in [-0.2, -0.15) is 0 Å². The minimum atomic E-state index is -0.145. The molecule has 2 aromatic rings. The second-order valence-electron chi connectivity index (χ2n) is 7.77. The van der Waals surface area contributed by atoms with Gasteiger partial charge in [-0.1, -0.05) is 32.9 Å². The summed E-state index contributed by atoms with van der Waals surface area (Å²) >= 11 is 0. The molecule has 0 radical (unpaired) electrons. The van der Waals surface area contributed by atoms with Gasteiger partial charge in [-0.05, 0) is 41.3 Å². The maximum atomic E-state index is 12.7. The number of benzene rings is 2. The maximum absolute atomic E-state index is 12.7. The summed E-state index contributed by atoms with van der Waals surface area (Å²) in [6, 6.07) is 13.6. The van der Waals surface area contributed by atoms with Crippen molar-refractivity contribution >= 4 is 17.3 Å². The lowest BCUT2D eigenvalue weighted by molar-refractivity contribution is 0.102. The molecule has 144 valence electrons. The van der Waals surface area contributed by atoms with Gasteiger partial charge in [0.2, 0.25) is 0 Å². The largest absolute Gasteiger partial charge is 0.495 e. The minimum absolute atomic E-state index is 0.0602. The first-order valence-electron chi connectivity index (χ1n) is 9.31. The number of carbonyl (C=O) groups is 1. The number of rotatable bonds is 4. The lowest BCUT2D eigenvalue weighted by Gasteiger charge is -2.29. The lowest BCUT2D eigenvalue weighted by Crippen LogP contribution is -2.36. The molecular formula is C22H28N2O3. The van der Waals surface area contributed by atoms with Crippen molar-refractivity contribution in [3.63, 3.8) is 0 Å². The highest BCUT2D eigenvalue weighted by Crippen LogP contribution is 2.31. The van der Waals surface area contributed by atoms with Crippen LogP contribution in [0.1, 0.15) is 36.7 Å². The van der Waals surface area contributed by atoms with Crippen LogP contribution in [0.5, 0.6) is 5.75 Å². The number of methoxy groups -OCH3 is 1. The SMILES string of the molecule is COc1ccc(N2CCOCC2)cc1NC(=O)c1ccc(C(C)(C)C)cc1. The molecule has 1 aliphatic rings. The van der Waals surface area contributed by atoms with Crippen LogP contribution in [0.15, 0.2) is 42.5 Å². The number of nitrogens with zero attached hydrogens (tertiary/aromatic N) is 1. The molecule has 1 amide bonds. The van der Waals surface area contributed by atoms with Gasteiger partial charge in [0.25, 0.3) is 5.91 Å². The zero-order chi connectivity index (χ0) is 19.4. The standard InChI is InChI=1S/C22H28N2O3/c1-22(2,3)17-7-5-16(6-8-17)21(25)23-19-15-18(9-10-20(19)26-4)24-11-13-27-14-12-24/h5-10,15H,11-14H2,1-4H3,(H,23,25). The Labute approximate surface area is 161 Å². The van der Waals surface area contributed by atoms with E-state index >= 15 is 0 Å². The molecule has 0 saturated carbocycles. The topological polar surface area (TPSA) is 50.8 Å². The van der Waals surface area contributed by atoms with E-state index in [0.29, 0.717) is 30.2 Å². The van der Waals surface area contributed by atoms with E-state index < -0.39 is 0 Å². The number of anilines is 2. The molecule has 1 heterocycles. The van der Waals surface area contributed by atoms with Crippen LogP contribution in [-0.2, 0) is 10.2 Å². The Hall–Kier alpha value is -2.53. The minimum Gasteiger partial charge on any atom is -0.495 e. The molecule has 1 N–H and O–H groups in total. The number of amides is 1. The van der Waals surface area contributed by atoms with Gasteiger partial charge in [0.05, 0.1) is 26.0 Å². The van der Waals surface area contributed by atoms with Crippen molar-refractivity contribution < 1.29 is 14.3 Å². The van der Waals surface area contributed by atoms with E-state index in [1.54, 1.807) is 7.11 Å². The number of nitrogens with one attached hydrogen (secondary N) is 1. The highest BCUT2D eigenvalue weighted by Gasteiger charge is 2.17. The van der Waals surface area contributed by atoms with Crippen molar-refractivity contribution in [3.05, 3.63) is 53.6 Å². The molecule has 1 aliphatic heterocycles. The van der Waals surface area contributed by atoms with E-state index in [0.717, 1.165) is 18.8 Å². The molecule has 0 atom stereocenters. The quantitative estimate of drug-likeness (QED) is 0.883. The Bertz CT molecular complexity index is 788. The van der Waals surface area contributed by atoms with Gasteiger partial charge < -0.3 is 19.7 Å². The van der Waals surface area contributed by atoms with Crippen molar-refractivity contribution in [1.82, 2.24) is 0 Å². The summed E-state index contributed by atoms with van der Waals surface area (Å²) in [5, 5.41) is 2.99. The third kappa shape index (κ3) is 4.61. The second kappa shape index (κ2) is 8.01. The molecule has 3 rings (SSSR count). The van der Waals surface area contributed by atoms with Crippen molar-refractivity contribution in [2.75, 3.05) is 43.6 Å². The smallest absolute Gasteiger partial charge is 0.255 e. The third-order valence-electron chi connectivity index (χ3n) is 4.82. The summed E-state index contributed by atoms with van der Waals surface area (Å²) in [5.41, 5.74) is 3.61. The Morgan fingerprint density at radius 1 is 1.07 bits per heavy atom. The van der Waals surface area contributed by atoms with Gasteiger partial charge in [-0.3, -0.25) is 4.79 Å². The molecule has 1 fully saturated rings. The molecule has 0 unspecified atom stereocenters. The maximum Gasteiger partial charge on any atom is 0.255 e. The first-order chi connectivity index (χ1) is 12.9. The van der Waals surface area contributed by atoms with E-state index in [9.17, 15) is 4.79 Å². The molecular weight excluding hydrogens is 340 g/mol. The van der Waals surface area contributed by atoms with Crippen LogP contribution in [0, 0.1) is 0 Å². The number of ether oxygens (including phenoxy) is 2. The van der Waals surface area contributed by atoms with Crippen LogP contribution in [-0.4, -0.2) is 39.3 Å². The summed E-state index contributed by atoms with van der Waals surface area (Å²) in [4.78, 5) is 15.0. The monoisotopic (exact) mass is 368 g/mol. The van der Waals surface area contributed by atoms with Crippen LogP contribution < -0.4 is 15.0 Å². The van der Waals surface area contributed by atoms with Gasteiger partial charge in [0.1, 0.15) is 5.75 Å². The first kappa shape index (κ1) is 19.2. The highest BCUT2D eigenvalue weighted by atomic mass is 16.5. The van der Waals surface area contributed by atoms with Crippen molar-refractivity contribution in [2.24, 2.45) is 0 Å². The van der Waals surface area contributed by atoms with E-state index in [2.05, 4.69) is 31.0 Å². The Morgan fingerprint density at radius 2 is 1.74 bits per heavy atom. The fourth-order valence-electron chi connectivity index (χ4n) is 3.13. The Kier molecular flexibility index (Phi) is 5.71. The fourth-order valence-corrected chi connectivity index (χ4v) is 3.13. The molecule has 0 bridgehead atoms. The second-order valence-corrected chi connectivity index (χ2v) is 7.77. The van der Waals surface area contributed by atoms with Gasteiger partial charge in [-0.15, -0.1) is 0 Å².